The maximum absolute atomic E-state index is 12.1. The van der Waals surface area contributed by atoms with E-state index in [0.717, 1.165) is 44.5 Å². The van der Waals surface area contributed by atoms with Crippen molar-refractivity contribution >= 4 is 22.7 Å². The van der Waals surface area contributed by atoms with Gasteiger partial charge in [-0.2, -0.15) is 0 Å². The molecule has 186 valence electrons. The van der Waals surface area contributed by atoms with Gasteiger partial charge in [0, 0.05) is 23.3 Å². The number of aryl methyl sites for hydroxylation is 4. The number of fused-ring (bicyclic) bond motifs is 3. The van der Waals surface area contributed by atoms with Gasteiger partial charge in [0.2, 0.25) is 0 Å². The molecule has 2 N–H and O–H groups in total. The van der Waals surface area contributed by atoms with Crippen molar-refractivity contribution in [2.24, 2.45) is 0 Å². The summed E-state index contributed by atoms with van der Waals surface area (Å²) >= 11 is 0. The van der Waals surface area contributed by atoms with Crippen LogP contribution in [0.2, 0.25) is 0 Å². The van der Waals surface area contributed by atoms with Crippen molar-refractivity contribution in [1.29, 1.82) is 0 Å². The number of nitro groups is 2. The Morgan fingerprint density at radius 1 is 0.595 bits per heavy atom. The monoisotopic (exact) mass is 494 g/mol. The van der Waals surface area contributed by atoms with E-state index in [4.69, 9.17) is 0 Å². The van der Waals surface area contributed by atoms with Gasteiger partial charge in [-0.3, -0.25) is 20.2 Å². The summed E-state index contributed by atoms with van der Waals surface area (Å²) in [5, 5.41) is 31.1. The summed E-state index contributed by atoms with van der Waals surface area (Å²) in [7, 11) is 0. The third kappa shape index (κ3) is 3.87. The Hall–Kier alpha value is -4.72. The highest BCUT2D eigenvalue weighted by atomic mass is 16.6. The number of benzene rings is 4. The van der Waals surface area contributed by atoms with E-state index in [0.29, 0.717) is 11.4 Å². The summed E-state index contributed by atoms with van der Waals surface area (Å²) in [5.41, 5.74) is 6.18. The minimum absolute atomic E-state index is 0.0688. The smallest absolute Gasteiger partial charge is 0.292 e. The molecule has 0 bridgehead atoms. The maximum atomic E-state index is 12.1. The third-order valence-corrected chi connectivity index (χ3v) is 7.21. The van der Waals surface area contributed by atoms with Gasteiger partial charge >= 0.3 is 0 Å². The molecule has 0 spiro atoms. The van der Waals surface area contributed by atoms with Gasteiger partial charge in [0.05, 0.1) is 9.85 Å². The average Bonchev–Trinajstić information content (AvgIpc) is 3.13. The van der Waals surface area contributed by atoms with Gasteiger partial charge in [-0.15, -0.1) is 0 Å². The summed E-state index contributed by atoms with van der Waals surface area (Å²) in [6.45, 7) is 7.46. The lowest BCUT2D eigenvalue weighted by atomic mass is 9.94. The van der Waals surface area contributed by atoms with E-state index < -0.39 is 15.5 Å². The molecule has 8 heteroatoms. The molecule has 0 aliphatic heterocycles. The highest BCUT2D eigenvalue weighted by Gasteiger charge is 2.45. The number of rotatable bonds is 6. The minimum Gasteiger partial charge on any atom is -0.350 e. The lowest BCUT2D eigenvalue weighted by Crippen LogP contribution is -2.43. The molecule has 0 aromatic heterocycles. The second-order valence-corrected chi connectivity index (χ2v) is 9.51. The first-order valence-electron chi connectivity index (χ1n) is 11.9. The molecule has 0 radical (unpaired) electrons. The second-order valence-electron chi connectivity index (χ2n) is 9.51. The maximum Gasteiger partial charge on any atom is 0.292 e. The van der Waals surface area contributed by atoms with E-state index in [1.807, 2.05) is 76.2 Å². The summed E-state index contributed by atoms with van der Waals surface area (Å²) in [6, 6.07) is 22.1. The topological polar surface area (TPSA) is 110 Å². The van der Waals surface area contributed by atoms with Crippen LogP contribution in [0.25, 0.3) is 11.1 Å². The van der Waals surface area contributed by atoms with Gasteiger partial charge < -0.3 is 10.6 Å². The van der Waals surface area contributed by atoms with E-state index in [1.54, 1.807) is 24.3 Å². The van der Waals surface area contributed by atoms with Gasteiger partial charge in [-0.05, 0) is 73.2 Å². The zero-order valence-electron chi connectivity index (χ0n) is 21.0. The van der Waals surface area contributed by atoms with Crippen LogP contribution in [-0.2, 0) is 5.66 Å². The van der Waals surface area contributed by atoms with Crippen LogP contribution in [0.3, 0.4) is 0 Å². The molecule has 8 nitrogen and oxygen atoms in total. The SMILES string of the molecule is Cc1cc(NC2(Nc3cc(C)c(C)cc3[N+](=O)[O-])c3ccccc3-c3ccccc32)c([N+](=O)[O-])cc1C. The van der Waals surface area contributed by atoms with E-state index in [1.165, 1.54) is 0 Å². The lowest BCUT2D eigenvalue weighted by Gasteiger charge is -2.36. The van der Waals surface area contributed by atoms with Crippen molar-refractivity contribution in [2.75, 3.05) is 10.6 Å². The number of nitrogens with one attached hydrogen (secondary N) is 2. The summed E-state index contributed by atoms with van der Waals surface area (Å²) in [5.74, 6) is 0. The standard InChI is InChI=1S/C29H26N4O4/c1-17-13-25(27(32(34)35)15-19(17)3)30-29(31-26-14-18(2)20(4)16-28(26)33(36)37)23-11-7-5-9-21(23)22-10-6-8-12-24(22)29/h5-16,30-31H,1-4H3. The molecule has 0 heterocycles. The molecule has 1 aliphatic carbocycles. The highest BCUT2D eigenvalue weighted by Crippen LogP contribution is 2.51. The van der Waals surface area contributed by atoms with Crippen LogP contribution in [0.5, 0.6) is 0 Å². The molecule has 5 rings (SSSR count). The van der Waals surface area contributed by atoms with Crippen LogP contribution in [0, 0.1) is 47.9 Å². The molecule has 0 unspecified atom stereocenters. The van der Waals surface area contributed by atoms with Gasteiger partial charge in [0.25, 0.3) is 11.4 Å². The van der Waals surface area contributed by atoms with Crippen molar-refractivity contribution in [2.45, 2.75) is 33.4 Å². The number of hydrogen-bond acceptors (Lipinski definition) is 6. The third-order valence-electron chi connectivity index (χ3n) is 7.21. The van der Waals surface area contributed by atoms with E-state index in [9.17, 15) is 20.2 Å². The molecule has 0 atom stereocenters. The highest BCUT2D eigenvalue weighted by molar-refractivity contribution is 5.86. The Morgan fingerprint density at radius 3 is 1.32 bits per heavy atom. The van der Waals surface area contributed by atoms with Crippen molar-refractivity contribution in [3.8, 4) is 11.1 Å². The fourth-order valence-corrected chi connectivity index (χ4v) is 5.04. The molecule has 4 aromatic rings. The van der Waals surface area contributed by atoms with E-state index in [2.05, 4.69) is 10.6 Å². The number of anilines is 2. The van der Waals surface area contributed by atoms with Crippen LogP contribution >= 0.6 is 0 Å². The van der Waals surface area contributed by atoms with E-state index in [-0.39, 0.29) is 11.4 Å². The quantitative estimate of drug-likeness (QED) is 0.167. The van der Waals surface area contributed by atoms with Crippen LogP contribution < -0.4 is 10.6 Å². The molecule has 0 saturated carbocycles. The van der Waals surface area contributed by atoms with Crippen molar-refractivity contribution < 1.29 is 9.85 Å². The van der Waals surface area contributed by atoms with Crippen molar-refractivity contribution in [3.05, 3.63) is 126 Å². The average molecular weight is 495 g/mol. The first-order chi connectivity index (χ1) is 17.6. The Labute approximate surface area is 214 Å². The first kappa shape index (κ1) is 24.0. The van der Waals surface area contributed by atoms with Crippen LogP contribution in [0.4, 0.5) is 22.7 Å². The Bertz CT molecular complexity index is 1480. The summed E-state index contributed by atoms with van der Waals surface area (Å²) in [4.78, 5) is 23.4. The Kier molecular flexibility index (Phi) is 5.67. The van der Waals surface area contributed by atoms with Gasteiger partial charge in [-0.1, -0.05) is 48.5 Å². The lowest BCUT2D eigenvalue weighted by molar-refractivity contribution is -0.384. The van der Waals surface area contributed by atoms with Gasteiger partial charge in [0.1, 0.15) is 11.4 Å². The number of nitrogens with zero attached hydrogens (tertiary/aromatic N) is 2. The van der Waals surface area contributed by atoms with Crippen LogP contribution in [-0.4, -0.2) is 9.85 Å². The fraction of sp³-hybridized carbons (Fsp3) is 0.172. The summed E-state index contributed by atoms with van der Waals surface area (Å²) < 4.78 is 0. The number of hydrogen-bond donors (Lipinski definition) is 2. The normalized spacial score (nSPS) is 13.0. The number of nitro benzene ring substituents is 2. The molecule has 0 fully saturated rings. The Balaban J connectivity index is 1.82. The minimum atomic E-state index is -1.22. The molecule has 0 amide bonds. The Morgan fingerprint density at radius 2 is 0.946 bits per heavy atom. The van der Waals surface area contributed by atoms with Gasteiger partial charge in [-0.25, -0.2) is 0 Å². The largest absolute Gasteiger partial charge is 0.350 e. The predicted octanol–water partition coefficient (Wildman–Crippen LogP) is 7.14. The zero-order valence-corrected chi connectivity index (χ0v) is 21.0. The second kappa shape index (κ2) is 8.74. The predicted molar refractivity (Wildman–Crippen MR) is 145 cm³/mol. The molecule has 4 aromatic carbocycles. The molecular formula is C29H26N4O4. The van der Waals surface area contributed by atoms with Crippen LogP contribution in [0.1, 0.15) is 33.4 Å². The van der Waals surface area contributed by atoms with Crippen molar-refractivity contribution in [3.63, 3.8) is 0 Å². The van der Waals surface area contributed by atoms with E-state index >= 15 is 0 Å². The molecule has 0 saturated heterocycles. The summed E-state index contributed by atoms with van der Waals surface area (Å²) in [6.07, 6.45) is 0. The van der Waals surface area contributed by atoms with Crippen LogP contribution in [0.15, 0.2) is 72.8 Å². The fourth-order valence-electron chi connectivity index (χ4n) is 5.04. The molecule has 37 heavy (non-hydrogen) atoms. The molecular weight excluding hydrogens is 468 g/mol. The molecule has 1 aliphatic rings. The first-order valence-corrected chi connectivity index (χ1v) is 11.9. The van der Waals surface area contributed by atoms with Crippen molar-refractivity contribution in [1.82, 2.24) is 0 Å². The zero-order chi connectivity index (χ0) is 26.5. The van der Waals surface area contributed by atoms with Gasteiger partial charge in [0.15, 0.2) is 5.66 Å².